The average molecular weight is 337 g/mol. The lowest BCUT2D eigenvalue weighted by Crippen LogP contribution is -2.02. The molecule has 15 heavy (non-hydrogen) atoms. The molecular formula is C10H16IN3S. The highest BCUT2D eigenvalue weighted by Gasteiger charge is 2.03. The van der Waals surface area contributed by atoms with E-state index in [-0.39, 0.29) is 0 Å². The Balaban J connectivity index is 2.54. The Morgan fingerprint density at radius 1 is 1.53 bits per heavy atom. The van der Waals surface area contributed by atoms with Crippen molar-refractivity contribution < 1.29 is 0 Å². The van der Waals surface area contributed by atoms with Gasteiger partial charge >= 0.3 is 0 Å². The molecular weight excluding hydrogens is 321 g/mol. The Morgan fingerprint density at radius 3 is 2.87 bits per heavy atom. The molecule has 0 aromatic carbocycles. The van der Waals surface area contributed by atoms with Gasteiger partial charge in [-0.3, -0.25) is 0 Å². The maximum Gasteiger partial charge on any atom is 0.142 e. The summed E-state index contributed by atoms with van der Waals surface area (Å²) in [6.07, 6.45) is 1.87. The van der Waals surface area contributed by atoms with Crippen LogP contribution in [0.15, 0.2) is 6.20 Å². The van der Waals surface area contributed by atoms with E-state index in [1.165, 1.54) is 0 Å². The van der Waals surface area contributed by atoms with E-state index in [0.717, 1.165) is 32.6 Å². The zero-order valence-corrected chi connectivity index (χ0v) is 12.2. The lowest BCUT2D eigenvalue weighted by molar-refractivity contribution is 0.749. The van der Waals surface area contributed by atoms with Crippen molar-refractivity contribution in [1.82, 2.24) is 9.97 Å². The first kappa shape index (κ1) is 13.0. The number of nitrogens with zero attached hydrogens (tertiary/aromatic N) is 2. The first-order valence-electron chi connectivity index (χ1n) is 4.90. The van der Waals surface area contributed by atoms with Crippen LogP contribution in [-0.2, 0) is 5.75 Å². The molecule has 1 aromatic heterocycles. The summed E-state index contributed by atoms with van der Waals surface area (Å²) in [7, 11) is 1.88. The van der Waals surface area contributed by atoms with Crippen LogP contribution in [0.25, 0.3) is 0 Å². The quantitative estimate of drug-likeness (QED) is 0.839. The topological polar surface area (TPSA) is 37.8 Å². The summed E-state index contributed by atoms with van der Waals surface area (Å²) in [5, 5.41) is 3.07. The van der Waals surface area contributed by atoms with E-state index in [1.807, 2.05) is 25.0 Å². The van der Waals surface area contributed by atoms with E-state index < -0.39 is 0 Å². The van der Waals surface area contributed by atoms with Crippen LogP contribution in [-0.4, -0.2) is 22.8 Å². The minimum absolute atomic E-state index is 0.725. The Bertz CT molecular complexity index is 318. The fraction of sp³-hybridized carbons (Fsp3) is 0.600. The van der Waals surface area contributed by atoms with Crippen LogP contribution in [0.1, 0.15) is 19.7 Å². The predicted octanol–water partition coefficient (Wildman–Crippen LogP) is 3.01. The number of thioether (sulfide) groups is 1. The number of rotatable bonds is 5. The van der Waals surface area contributed by atoms with E-state index in [1.54, 1.807) is 0 Å². The van der Waals surface area contributed by atoms with Crippen molar-refractivity contribution >= 4 is 40.2 Å². The molecule has 3 nitrogen and oxygen atoms in total. The van der Waals surface area contributed by atoms with Crippen LogP contribution >= 0.6 is 34.4 Å². The molecule has 0 aliphatic heterocycles. The van der Waals surface area contributed by atoms with Crippen molar-refractivity contribution in [2.24, 2.45) is 5.92 Å². The molecule has 0 atom stereocenters. The van der Waals surface area contributed by atoms with Gasteiger partial charge in [-0.05, 0) is 34.3 Å². The van der Waals surface area contributed by atoms with Crippen LogP contribution in [0, 0.1) is 9.49 Å². The van der Waals surface area contributed by atoms with Crippen molar-refractivity contribution in [2.45, 2.75) is 19.6 Å². The third-order valence-electron chi connectivity index (χ3n) is 1.71. The molecule has 1 aromatic rings. The summed E-state index contributed by atoms with van der Waals surface area (Å²) < 4.78 is 1.06. The van der Waals surface area contributed by atoms with Crippen molar-refractivity contribution in [2.75, 3.05) is 18.1 Å². The highest BCUT2D eigenvalue weighted by Crippen LogP contribution is 2.17. The molecule has 84 valence electrons. The SMILES string of the molecule is CNc1nc(CSCC(C)C)ncc1I. The lowest BCUT2D eigenvalue weighted by Gasteiger charge is -2.06. The van der Waals surface area contributed by atoms with Crippen molar-refractivity contribution in [3.8, 4) is 0 Å². The van der Waals surface area contributed by atoms with Crippen molar-refractivity contribution in [3.05, 3.63) is 15.6 Å². The number of nitrogens with one attached hydrogen (secondary N) is 1. The van der Waals surface area contributed by atoms with Crippen molar-refractivity contribution in [1.29, 1.82) is 0 Å². The minimum Gasteiger partial charge on any atom is -0.372 e. The summed E-state index contributed by atoms with van der Waals surface area (Å²) in [6.45, 7) is 4.45. The molecule has 0 saturated heterocycles. The van der Waals surface area contributed by atoms with Gasteiger partial charge < -0.3 is 5.32 Å². The second-order valence-corrected chi connectivity index (χ2v) is 5.83. The molecule has 0 fully saturated rings. The molecule has 0 radical (unpaired) electrons. The average Bonchev–Trinajstić information content (AvgIpc) is 2.20. The first-order valence-corrected chi connectivity index (χ1v) is 7.13. The number of aromatic nitrogens is 2. The standard InChI is InChI=1S/C10H16IN3S/c1-7(2)5-15-6-9-13-4-8(11)10(12-3)14-9/h4,7H,5-6H2,1-3H3,(H,12,13,14). The Morgan fingerprint density at radius 2 is 2.27 bits per heavy atom. The molecule has 0 unspecified atom stereocenters. The normalized spacial score (nSPS) is 10.7. The van der Waals surface area contributed by atoms with E-state index in [4.69, 9.17) is 0 Å². The van der Waals surface area contributed by atoms with Gasteiger partial charge in [-0.25, -0.2) is 9.97 Å². The zero-order chi connectivity index (χ0) is 11.3. The Hall–Kier alpha value is -0.0400. The van der Waals surface area contributed by atoms with Gasteiger partial charge in [0.25, 0.3) is 0 Å². The van der Waals surface area contributed by atoms with E-state index in [0.29, 0.717) is 0 Å². The van der Waals surface area contributed by atoms with Crippen LogP contribution in [0.3, 0.4) is 0 Å². The molecule has 0 bridgehead atoms. The summed E-state index contributed by atoms with van der Waals surface area (Å²) in [4.78, 5) is 8.74. The van der Waals surface area contributed by atoms with Gasteiger partial charge in [-0.1, -0.05) is 13.8 Å². The van der Waals surface area contributed by atoms with Gasteiger partial charge in [-0.15, -0.1) is 0 Å². The van der Waals surface area contributed by atoms with Gasteiger partial charge in [0.2, 0.25) is 0 Å². The molecule has 0 saturated carbocycles. The Labute approximate surface area is 109 Å². The molecule has 0 amide bonds. The van der Waals surface area contributed by atoms with Gasteiger partial charge in [-0.2, -0.15) is 11.8 Å². The summed E-state index contributed by atoms with van der Waals surface area (Å²) in [6, 6.07) is 0. The predicted molar refractivity (Wildman–Crippen MR) is 75.3 cm³/mol. The largest absolute Gasteiger partial charge is 0.372 e. The third kappa shape index (κ3) is 4.55. The second kappa shape index (κ2) is 6.52. The first-order chi connectivity index (χ1) is 7.13. The van der Waals surface area contributed by atoms with Crippen LogP contribution in [0.2, 0.25) is 0 Å². The van der Waals surface area contributed by atoms with Crippen molar-refractivity contribution in [3.63, 3.8) is 0 Å². The maximum absolute atomic E-state index is 4.44. The minimum atomic E-state index is 0.725. The fourth-order valence-corrected chi connectivity index (χ4v) is 2.47. The molecule has 1 rings (SSSR count). The number of hydrogen-bond donors (Lipinski definition) is 1. The number of halogens is 1. The fourth-order valence-electron chi connectivity index (χ4n) is 1.03. The van der Waals surface area contributed by atoms with Gasteiger partial charge in [0.15, 0.2) is 0 Å². The van der Waals surface area contributed by atoms with E-state index in [2.05, 4.69) is 51.7 Å². The maximum atomic E-state index is 4.44. The Kier molecular flexibility index (Phi) is 5.66. The third-order valence-corrected chi connectivity index (χ3v) is 3.87. The molecule has 0 aliphatic rings. The summed E-state index contributed by atoms with van der Waals surface area (Å²) in [5.74, 6) is 4.60. The molecule has 0 spiro atoms. The molecule has 0 aliphatic carbocycles. The van der Waals surface area contributed by atoms with E-state index in [9.17, 15) is 0 Å². The van der Waals surface area contributed by atoms with Crippen LogP contribution in [0.5, 0.6) is 0 Å². The smallest absolute Gasteiger partial charge is 0.142 e. The monoisotopic (exact) mass is 337 g/mol. The molecule has 1 heterocycles. The molecule has 5 heteroatoms. The van der Waals surface area contributed by atoms with Gasteiger partial charge in [0, 0.05) is 13.2 Å². The zero-order valence-electron chi connectivity index (χ0n) is 9.25. The highest BCUT2D eigenvalue weighted by molar-refractivity contribution is 14.1. The van der Waals surface area contributed by atoms with Crippen LogP contribution < -0.4 is 5.32 Å². The van der Waals surface area contributed by atoms with Crippen LogP contribution in [0.4, 0.5) is 5.82 Å². The lowest BCUT2D eigenvalue weighted by atomic mass is 10.3. The highest BCUT2D eigenvalue weighted by atomic mass is 127. The summed E-state index contributed by atoms with van der Waals surface area (Å²) in [5.41, 5.74) is 0. The number of anilines is 1. The molecule has 1 N–H and O–H groups in total. The summed E-state index contributed by atoms with van der Waals surface area (Å²) >= 11 is 4.12. The second-order valence-electron chi connectivity index (χ2n) is 3.64. The number of hydrogen-bond acceptors (Lipinski definition) is 4. The van der Waals surface area contributed by atoms with Gasteiger partial charge in [0.05, 0.1) is 9.32 Å². The van der Waals surface area contributed by atoms with Gasteiger partial charge in [0.1, 0.15) is 11.6 Å². The van der Waals surface area contributed by atoms with E-state index >= 15 is 0 Å².